The Morgan fingerprint density at radius 3 is 2.20 bits per heavy atom. The number of hydrogen-bond acceptors (Lipinski definition) is 2. The van der Waals surface area contributed by atoms with E-state index in [0.717, 1.165) is 12.5 Å². The van der Waals surface area contributed by atoms with Gasteiger partial charge in [0.25, 0.3) is 0 Å². The average molecular weight is 277 g/mol. The van der Waals surface area contributed by atoms with Crippen LogP contribution in [0.4, 0.5) is 0 Å². The number of nitrogens with zero attached hydrogens (tertiary/aromatic N) is 1. The number of benzene rings is 1. The van der Waals surface area contributed by atoms with Crippen molar-refractivity contribution in [3.63, 3.8) is 0 Å². The molecule has 1 fully saturated rings. The maximum atomic E-state index is 10.8. The summed E-state index contributed by atoms with van der Waals surface area (Å²) >= 11 is 0. The molecule has 1 heterocycles. The molecule has 1 aromatic carbocycles. The lowest BCUT2D eigenvalue weighted by atomic mass is 9.94. The van der Waals surface area contributed by atoms with Crippen LogP contribution in [0.2, 0.25) is 0 Å². The quantitative estimate of drug-likeness (QED) is 0.903. The van der Waals surface area contributed by atoms with Crippen molar-refractivity contribution >= 4 is 5.97 Å². The number of rotatable bonds is 4. The molecule has 3 nitrogen and oxygen atoms in total. The number of aromatic carboxylic acids is 1. The van der Waals surface area contributed by atoms with Crippen molar-refractivity contribution in [2.45, 2.75) is 46.6 Å². The zero-order valence-electron chi connectivity index (χ0n) is 12.9. The molecular formula is C17H27NO2. The Bertz CT molecular complexity index is 392. The highest BCUT2D eigenvalue weighted by molar-refractivity contribution is 5.87. The zero-order chi connectivity index (χ0) is 15.0. The van der Waals surface area contributed by atoms with Crippen LogP contribution < -0.4 is 0 Å². The number of carboxylic acids is 1. The standard InChI is InChI=1S/C15H21NO2.C2H6/c1-2-12-7-9-16(10-8-12)11-13-3-5-14(6-4-13)15(17)18;1-2/h3-6,12H,2,7-11H2,1H3,(H,17,18);1-2H3. The molecule has 112 valence electrons. The van der Waals surface area contributed by atoms with Gasteiger partial charge in [0.1, 0.15) is 0 Å². The molecule has 1 N–H and O–H groups in total. The summed E-state index contributed by atoms with van der Waals surface area (Å²) in [6.07, 6.45) is 3.88. The van der Waals surface area contributed by atoms with Gasteiger partial charge in [-0.25, -0.2) is 4.79 Å². The third-order valence-corrected chi connectivity index (χ3v) is 3.89. The Morgan fingerprint density at radius 1 is 1.20 bits per heavy atom. The van der Waals surface area contributed by atoms with E-state index in [0.29, 0.717) is 5.56 Å². The van der Waals surface area contributed by atoms with Crippen molar-refractivity contribution < 1.29 is 9.90 Å². The molecule has 0 atom stereocenters. The Hall–Kier alpha value is -1.35. The van der Waals surface area contributed by atoms with Gasteiger partial charge in [0.05, 0.1) is 5.56 Å². The van der Waals surface area contributed by atoms with Crippen LogP contribution in [0.5, 0.6) is 0 Å². The van der Waals surface area contributed by atoms with Crippen molar-refractivity contribution in [2.24, 2.45) is 5.92 Å². The molecule has 0 unspecified atom stereocenters. The van der Waals surface area contributed by atoms with Crippen LogP contribution in [0, 0.1) is 5.92 Å². The number of carbonyl (C=O) groups is 1. The Morgan fingerprint density at radius 2 is 1.75 bits per heavy atom. The van der Waals surface area contributed by atoms with Gasteiger partial charge in [0, 0.05) is 6.54 Å². The molecule has 0 radical (unpaired) electrons. The monoisotopic (exact) mass is 277 g/mol. The van der Waals surface area contributed by atoms with Crippen molar-refractivity contribution in [1.82, 2.24) is 4.90 Å². The third kappa shape index (κ3) is 4.97. The molecule has 20 heavy (non-hydrogen) atoms. The normalized spacial score (nSPS) is 16.4. The molecule has 1 aromatic rings. The predicted octanol–water partition coefficient (Wildman–Crippen LogP) is 4.03. The molecule has 3 heteroatoms. The number of hydrogen-bond donors (Lipinski definition) is 1. The first-order valence-corrected chi connectivity index (χ1v) is 7.73. The summed E-state index contributed by atoms with van der Waals surface area (Å²) < 4.78 is 0. The first kappa shape index (κ1) is 16.7. The molecule has 0 aliphatic carbocycles. The minimum absolute atomic E-state index is 0.364. The lowest BCUT2D eigenvalue weighted by Crippen LogP contribution is -2.32. The first-order chi connectivity index (χ1) is 9.69. The van der Waals surface area contributed by atoms with Crippen LogP contribution in [0.15, 0.2) is 24.3 Å². The van der Waals surface area contributed by atoms with Crippen molar-refractivity contribution in [3.05, 3.63) is 35.4 Å². The fourth-order valence-electron chi connectivity index (χ4n) is 2.56. The van der Waals surface area contributed by atoms with Gasteiger partial charge in [0.15, 0.2) is 0 Å². The van der Waals surface area contributed by atoms with E-state index in [1.54, 1.807) is 12.1 Å². The smallest absolute Gasteiger partial charge is 0.335 e. The van der Waals surface area contributed by atoms with Gasteiger partial charge in [-0.2, -0.15) is 0 Å². The highest BCUT2D eigenvalue weighted by Crippen LogP contribution is 2.21. The van der Waals surface area contributed by atoms with Crippen LogP contribution in [0.3, 0.4) is 0 Å². The second-order valence-electron chi connectivity index (χ2n) is 5.13. The third-order valence-electron chi connectivity index (χ3n) is 3.89. The number of piperidine rings is 1. The summed E-state index contributed by atoms with van der Waals surface area (Å²) in [5.41, 5.74) is 1.57. The van der Waals surface area contributed by atoms with E-state index in [1.807, 2.05) is 26.0 Å². The SMILES string of the molecule is CC.CCC1CCN(Cc2ccc(C(=O)O)cc2)CC1. The molecular weight excluding hydrogens is 250 g/mol. The molecule has 1 aliphatic rings. The van der Waals surface area contributed by atoms with Crippen molar-refractivity contribution in [1.29, 1.82) is 0 Å². The molecule has 0 amide bonds. The Balaban J connectivity index is 0.000000956. The Kier molecular flexibility index (Phi) is 7.31. The van der Waals surface area contributed by atoms with Crippen LogP contribution in [-0.2, 0) is 6.54 Å². The minimum atomic E-state index is -0.856. The van der Waals surface area contributed by atoms with Gasteiger partial charge in [-0.3, -0.25) is 4.90 Å². The summed E-state index contributed by atoms with van der Waals surface area (Å²) in [6.45, 7) is 9.54. The lowest BCUT2D eigenvalue weighted by Gasteiger charge is -2.31. The van der Waals surface area contributed by atoms with Crippen molar-refractivity contribution in [2.75, 3.05) is 13.1 Å². The fourth-order valence-corrected chi connectivity index (χ4v) is 2.56. The van der Waals surface area contributed by atoms with Crippen LogP contribution in [0.1, 0.15) is 56.0 Å². The van der Waals surface area contributed by atoms with Gasteiger partial charge in [0.2, 0.25) is 0 Å². The van der Waals surface area contributed by atoms with Crippen molar-refractivity contribution in [3.8, 4) is 0 Å². The predicted molar refractivity (Wildman–Crippen MR) is 83.0 cm³/mol. The number of likely N-dealkylation sites (tertiary alicyclic amines) is 1. The van der Waals surface area contributed by atoms with Crippen LogP contribution in [0.25, 0.3) is 0 Å². The molecule has 0 bridgehead atoms. The first-order valence-electron chi connectivity index (χ1n) is 7.73. The molecule has 0 spiro atoms. The van der Waals surface area contributed by atoms with Crippen LogP contribution >= 0.6 is 0 Å². The van der Waals surface area contributed by atoms with Gasteiger partial charge in [-0.05, 0) is 49.5 Å². The maximum Gasteiger partial charge on any atom is 0.335 e. The van der Waals surface area contributed by atoms with Gasteiger partial charge in [-0.1, -0.05) is 39.3 Å². The lowest BCUT2D eigenvalue weighted by molar-refractivity contribution is 0.0697. The van der Waals surface area contributed by atoms with E-state index >= 15 is 0 Å². The zero-order valence-corrected chi connectivity index (χ0v) is 12.9. The molecule has 2 rings (SSSR count). The molecule has 1 aliphatic heterocycles. The van der Waals surface area contributed by atoms with Gasteiger partial charge < -0.3 is 5.11 Å². The highest BCUT2D eigenvalue weighted by Gasteiger charge is 2.17. The summed E-state index contributed by atoms with van der Waals surface area (Å²) in [7, 11) is 0. The summed E-state index contributed by atoms with van der Waals surface area (Å²) in [5, 5.41) is 8.84. The number of carboxylic acid groups (broad SMARTS) is 1. The summed E-state index contributed by atoms with van der Waals surface area (Å²) in [5.74, 6) is 0.0425. The average Bonchev–Trinajstić information content (AvgIpc) is 2.50. The van der Waals surface area contributed by atoms with E-state index in [4.69, 9.17) is 5.11 Å². The largest absolute Gasteiger partial charge is 0.478 e. The highest BCUT2D eigenvalue weighted by atomic mass is 16.4. The fraction of sp³-hybridized carbons (Fsp3) is 0.588. The molecule has 0 saturated carbocycles. The molecule has 1 saturated heterocycles. The summed E-state index contributed by atoms with van der Waals surface area (Å²) in [4.78, 5) is 13.2. The Labute approximate surface area is 122 Å². The molecule has 0 aromatic heterocycles. The second-order valence-corrected chi connectivity index (χ2v) is 5.13. The van der Waals surface area contributed by atoms with E-state index < -0.39 is 5.97 Å². The van der Waals surface area contributed by atoms with E-state index in [-0.39, 0.29) is 0 Å². The van der Waals surface area contributed by atoms with E-state index in [2.05, 4.69) is 11.8 Å². The van der Waals surface area contributed by atoms with Gasteiger partial charge >= 0.3 is 5.97 Å². The minimum Gasteiger partial charge on any atom is -0.478 e. The summed E-state index contributed by atoms with van der Waals surface area (Å²) in [6, 6.07) is 7.23. The second kappa shape index (κ2) is 8.75. The topological polar surface area (TPSA) is 40.5 Å². The van der Waals surface area contributed by atoms with E-state index in [1.165, 1.54) is 37.9 Å². The van der Waals surface area contributed by atoms with Crippen LogP contribution in [-0.4, -0.2) is 29.1 Å². The van der Waals surface area contributed by atoms with Gasteiger partial charge in [-0.15, -0.1) is 0 Å². The van der Waals surface area contributed by atoms with E-state index in [9.17, 15) is 4.79 Å². The maximum absolute atomic E-state index is 10.8.